The topological polar surface area (TPSA) is 134 Å². The van der Waals surface area contributed by atoms with Crippen LogP contribution in [0.5, 0.6) is 0 Å². The minimum atomic E-state index is -1.28. The van der Waals surface area contributed by atoms with Crippen molar-refractivity contribution in [3.63, 3.8) is 0 Å². The Morgan fingerprint density at radius 1 is 1.39 bits per heavy atom. The van der Waals surface area contributed by atoms with Crippen LogP contribution in [0.15, 0.2) is 23.1 Å². The number of rotatable bonds is 5. The maximum absolute atomic E-state index is 11.1. The molecule has 0 radical (unpaired) electrons. The zero-order chi connectivity index (χ0) is 13.4. The van der Waals surface area contributed by atoms with Crippen LogP contribution in [0.3, 0.4) is 0 Å². The molecule has 9 heteroatoms. The molecule has 1 heterocycles. The summed E-state index contributed by atoms with van der Waals surface area (Å²) in [5.74, 6) is -1.68. The SMILES string of the molecule is O=C(O)/C=C/C(=O)NC(=O)NCCc1ncon1. The molecule has 0 atom stereocenters. The predicted octanol–water partition coefficient (Wildman–Crippen LogP) is -0.921. The van der Waals surface area contributed by atoms with Gasteiger partial charge in [-0.1, -0.05) is 5.16 Å². The van der Waals surface area contributed by atoms with E-state index in [0.717, 1.165) is 12.5 Å². The van der Waals surface area contributed by atoms with Crippen LogP contribution in [0.2, 0.25) is 0 Å². The molecule has 1 aromatic heterocycles. The number of aromatic nitrogens is 2. The van der Waals surface area contributed by atoms with Crippen molar-refractivity contribution >= 4 is 17.9 Å². The van der Waals surface area contributed by atoms with Gasteiger partial charge >= 0.3 is 12.0 Å². The van der Waals surface area contributed by atoms with Crippen molar-refractivity contribution in [2.24, 2.45) is 0 Å². The van der Waals surface area contributed by atoms with E-state index in [4.69, 9.17) is 5.11 Å². The van der Waals surface area contributed by atoms with Gasteiger partial charge in [-0.2, -0.15) is 4.98 Å². The number of carboxylic acids is 1. The summed E-state index contributed by atoms with van der Waals surface area (Å²) in [5, 5.41) is 16.1. The number of hydrogen-bond donors (Lipinski definition) is 3. The lowest BCUT2D eigenvalue weighted by Gasteiger charge is -2.02. The predicted molar refractivity (Wildman–Crippen MR) is 56.3 cm³/mol. The lowest BCUT2D eigenvalue weighted by molar-refractivity contribution is -0.131. The Bertz CT molecular complexity index is 454. The Morgan fingerprint density at radius 3 is 2.78 bits per heavy atom. The number of nitrogens with one attached hydrogen (secondary N) is 2. The first-order valence-electron chi connectivity index (χ1n) is 4.83. The molecule has 3 amide bonds. The highest BCUT2D eigenvalue weighted by Gasteiger charge is 2.05. The number of carbonyl (C=O) groups excluding carboxylic acids is 2. The highest BCUT2D eigenvalue weighted by atomic mass is 16.5. The zero-order valence-corrected chi connectivity index (χ0v) is 9.12. The smallest absolute Gasteiger partial charge is 0.328 e. The van der Waals surface area contributed by atoms with Crippen LogP contribution in [0, 0.1) is 0 Å². The number of carboxylic acid groups (broad SMARTS) is 1. The molecule has 9 nitrogen and oxygen atoms in total. The Hall–Kier alpha value is -2.71. The van der Waals surface area contributed by atoms with Crippen LogP contribution in [0.1, 0.15) is 5.82 Å². The second kappa shape index (κ2) is 6.78. The van der Waals surface area contributed by atoms with Gasteiger partial charge in [-0.3, -0.25) is 10.1 Å². The number of amides is 3. The van der Waals surface area contributed by atoms with Gasteiger partial charge in [0.2, 0.25) is 6.39 Å². The molecule has 1 aromatic rings. The van der Waals surface area contributed by atoms with E-state index in [1.165, 1.54) is 0 Å². The van der Waals surface area contributed by atoms with Gasteiger partial charge in [0.15, 0.2) is 5.82 Å². The van der Waals surface area contributed by atoms with Gasteiger partial charge in [0.25, 0.3) is 5.91 Å². The van der Waals surface area contributed by atoms with Crippen molar-refractivity contribution < 1.29 is 24.0 Å². The summed E-state index contributed by atoms with van der Waals surface area (Å²) in [5.41, 5.74) is 0. The molecule has 18 heavy (non-hydrogen) atoms. The maximum Gasteiger partial charge on any atom is 0.328 e. The number of imide groups is 1. The molecule has 0 aromatic carbocycles. The second-order valence-electron chi connectivity index (χ2n) is 3.01. The van der Waals surface area contributed by atoms with Crippen LogP contribution in [0.4, 0.5) is 4.79 Å². The van der Waals surface area contributed by atoms with E-state index in [0.29, 0.717) is 18.3 Å². The second-order valence-corrected chi connectivity index (χ2v) is 3.01. The molecule has 0 bridgehead atoms. The van der Waals surface area contributed by atoms with Gasteiger partial charge in [0.05, 0.1) is 0 Å². The summed E-state index contributed by atoms with van der Waals surface area (Å²) >= 11 is 0. The van der Waals surface area contributed by atoms with Gasteiger partial charge < -0.3 is 14.9 Å². The van der Waals surface area contributed by atoms with E-state index >= 15 is 0 Å². The normalized spacial score (nSPS) is 10.2. The highest BCUT2D eigenvalue weighted by molar-refractivity contribution is 6.02. The van der Waals surface area contributed by atoms with Crippen molar-refractivity contribution in [3.8, 4) is 0 Å². The van der Waals surface area contributed by atoms with Crippen molar-refractivity contribution in [1.29, 1.82) is 0 Å². The minimum Gasteiger partial charge on any atom is -0.478 e. The highest BCUT2D eigenvalue weighted by Crippen LogP contribution is 1.87. The van der Waals surface area contributed by atoms with Gasteiger partial charge in [-0.05, 0) is 0 Å². The lowest BCUT2D eigenvalue weighted by Crippen LogP contribution is -2.39. The van der Waals surface area contributed by atoms with Crippen molar-refractivity contribution in [3.05, 3.63) is 24.4 Å². The maximum atomic E-state index is 11.1. The Balaban J connectivity index is 2.21. The summed E-state index contributed by atoms with van der Waals surface area (Å²) in [6, 6.07) is -0.737. The molecule has 0 aliphatic heterocycles. The summed E-state index contributed by atoms with van der Waals surface area (Å²) < 4.78 is 4.48. The molecular formula is C9H10N4O5. The molecular weight excluding hydrogens is 244 g/mol. The van der Waals surface area contributed by atoms with Gasteiger partial charge in [-0.25, -0.2) is 9.59 Å². The first kappa shape index (κ1) is 13.4. The largest absolute Gasteiger partial charge is 0.478 e. The molecule has 3 N–H and O–H groups in total. The molecule has 0 unspecified atom stereocenters. The van der Waals surface area contributed by atoms with Crippen molar-refractivity contribution in [2.45, 2.75) is 6.42 Å². The Kier molecular flexibility index (Phi) is 5.03. The van der Waals surface area contributed by atoms with Crippen LogP contribution in [-0.4, -0.2) is 39.7 Å². The average Bonchev–Trinajstić information content (AvgIpc) is 2.79. The molecule has 0 fully saturated rings. The lowest BCUT2D eigenvalue weighted by atomic mass is 10.4. The minimum absolute atomic E-state index is 0.210. The van der Waals surface area contributed by atoms with Crippen molar-refractivity contribution in [2.75, 3.05) is 6.54 Å². The molecule has 0 saturated heterocycles. The molecule has 1 rings (SSSR count). The van der Waals surface area contributed by atoms with Crippen LogP contribution in [-0.2, 0) is 16.0 Å². The fourth-order valence-electron chi connectivity index (χ4n) is 0.935. The monoisotopic (exact) mass is 254 g/mol. The number of carbonyl (C=O) groups is 3. The standard InChI is InChI=1S/C9H10N4O5/c14-7(1-2-8(15)16)12-9(17)10-4-3-6-11-5-18-13-6/h1-2,5H,3-4H2,(H,15,16)(H2,10,12,14,17)/b2-1+. The Morgan fingerprint density at radius 2 is 2.17 bits per heavy atom. The summed E-state index contributed by atoms with van der Waals surface area (Å²) in [6.45, 7) is 0.210. The fourth-order valence-corrected chi connectivity index (χ4v) is 0.935. The van der Waals surface area contributed by atoms with E-state index in [-0.39, 0.29) is 6.54 Å². The molecule has 96 valence electrons. The molecule has 0 saturated carbocycles. The first-order valence-corrected chi connectivity index (χ1v) is 4.83. The van der Waals surface area contributed by atoms with E-state index in [1.54, 1.807) is 0 Å². The van der Waals surface area contributed by atoms with Crippen LogP contribution < -0.4 is 10.6 Å². The molecule has 0 aliphatic carbocycles. The number of aliphatic carboxylic acids is 1. The number of urea groups is 1. The summed E-state index contributed by atoms with van der Waals surface area (Å²) in [4.78, 5) is 36.0. The van der Waals surface area contributed by atoms with E-state index in [2.05, 4.69) is 20.0 Å². The summed E-state index contributed by atoms with van der Waals surface area (Å²) in [6.07, 6.45) is 2.88. The van der Waals surface area contributed by atoms with Crippen LogP contribution in [0.25, 0.3) is 0 Å². The fraction of sp³-hybridized carbons (Fsp3) is 0.222. The first-order chi connectivity index (χ1) is 8.58. The van der Waals surface area contributed by atoms with E-state index in [1.807, 2.05) is 5.32 Å². The third-order valence-electron chi connectivity index (χ3n) is 1.66. The third-order valence-corrected chi connectivity index (χ3v) is 1.66. The van der Waals surface area contributed by atoms with E-state index < -0.39 is 17.9 Å². The molecule has 0 aliphatic rings. The van der Waals surface area contributed by atoms with Gasteiger partial charge in [0.1, 0.15) is 0 Å². The quantitative estimate of drug-likeness (QED) is 0.578. The van der Waals surface area contributed by atoms with Crippen molar-refractivity contribution in [1.82, 2.24) is 20.8 Å². The number of hydrogen-bond acceptors (Lipinski definition) is 6. The average molecular weight is 254 g/mol. The van der Waals surface area contributed by atoms with Gasteiger partial charge in [-0.15, -0.1) is 0 Å². The Labute approximate surface area is 101 Å². The third kappa shape index (κ3) is 5.39. The molecule has 0 spiro atoms. The van der Waals surface area contributed by atoms with E-state index in [9.17, 15) is 14.4 Å². The van der Waals surface area contributed by atoms with Gasteiger partial charge in [0, 0.05) is 25.1 Å². The summed E-state index contributed by atoms with van der Waals surface area (Å²) in [7, 11) is 0. The zero-order valence-electron chi connectivity index (χ0n) is 9.12. The number of nitrogens with zero attached hydrogens (tertiary/aromatic N) is 2. The van der Waals surface area contributed by atoms with Crippen LogP contribution >= 0.6 is 0 Å².